The molecule has 0 spiro atoms. The van der Waals surface area contributed by atoms with Gasteiger partial charge in [-0.3, -0.25) is 4.79 Å². The van der Waals surface area contributed by atoms with Gasteiger partial charge in [0, 0.05) is 37.6 Å². The predicted octanol–water partition coefficient (Wildman–Crippen LogP) is 3.48. The number of halogens is 1. The standard InChI is InChI=1S/C20H20FN3O3/c1-24(13-15-5-3-4-6-17(15)21)19(25)12-11-18-22-20(23-27-18)14-7-9-16(26-2)10-8-14/h3-10H,11-13H2,1-2H3. The molecule has 0 saturated heterocycles. The van der Waals surface area contributed by atoms with Crippen molar-refractivity contribution in [2.75, 3.05) is 14.2 Å². The molecule has 1 aromatic heterocycles. The molecule has 3 aromatic rings. The molecule has 0 atom stereocenters. The topological polar surface area (TPSA) is 68.5 Å². The molecule has 6 nitrogen and oxygen atoms in total. The molecular weight excluding hydrogens is 349 g/mol. The van der Waals surface area contributed by atoms with Crippen LogP contribution in [0.15, 0.2) is 53.1 Å². The average molecular weight is 369 g/mol. The highest BCUT2D eigenvalue weighted by Crippen LogP contribution is 2.20. The molecule has 0 fully saturated rings. The Kier molecular flexibility index (Phi) is 5.80. The Bertz CT molecular complexity index is 909. The summed E-state index contributed by atoms with van der Waals surface area (Å²) >= 11 is 0. The summed E-state index contributed by atoms with van der Waals surface area (Å²) in [6.07, 6.45) is 0.527. The number of rotatable bonds is 7. The highest BCUT2D eigenvalue weighted by molar-refractivity contribution is 5.76. The molecule has 3 rings (SSSR count). The van der Waals surface area contributed by atoms with E-state index in [-0.39, 0.29) is 24.7 Å². The summed E-state index contributed by atoms with van der Waals surface area (Å²) in [4.78, 5) is 18.1. The van der Waals surface area contributed by atoms with Crippen LogP contribution in [0, 0.1) is 5.82 Å². The fourth-order valence-electron chi connectivity index (χ4n) is 2.59. The van der Waals surface area contributed by atoms with Crippen molar-refractivity contribution in [3.63, 3.8) is 0 Å². The second kappa shape index (κ2) is 8.44. The van der Waals surface area contributed by atoms with Crippen LogP contribution in [0.1, 0.15) is 17.9 Å². The van der Waals surface area contributed by atoms with Gasteiger partial charge in [-0.25, -0.2) is 4.39 Å². The maximum Gasteiger partial charge on any atom is 0.227 e. The zero-order valence-electron chi connectivity index (χ0n) is 15.2. The van der Waals surface area contributed by atoms with Crippen LogP contribution in [0.5, 0.6) is 5.75 Å². The number of benzene rings is 2. The molecule has 1 amide bonds. The average Bonchev–Trinajstić information content (AvgIpc) is 3.17. The molecule has 0 radical (unpaired) electrons. The number of carbonyl (C=O) groups excluding carboxylic acids is 1. The van der Waals surface area contributed by atoms with E-state index in [1.807, 2.05) is 24.3 Å². The molecule has 1 heterocycles. The number of aromatic nitrogens is 2. The summed E-state index contributed by atoms with van der Waals surface area (Å²) in [6.45, 7) is 0.215. The fraction of sp³-hybridized carbons (Fsp3) is 0.250. The zero-order valence-corrected chi connectivity index (χ0v) is 15.2. The number of amides is 1. The minimum Gasteiger partial charge on any atom is -0.497 e. The van der Waals surface area contributed by atoms with Crippen molar-refractivity contribution in [3.8, 4) is 17.1 Å². The van der Waals surface area contributed by atoms with Gasteiger partial charge >= 0.3 is 0 Å². The third-order valence-electron chi connectivity index (χ3n) is 4.16. The van der Waals surface area contributed by atoms with Gasteiger partial charge in [0.15, 0.2) is 0 Å². The van der Waals surface area contributed by atoms with Gasteiger partial charge < -0.3 is 14.2 Å². The molecular formula is C20H20FN3O3. The summed E-state index contributed by atoms with van der Waals surface area (Å²) in [5.41, 5.74) is 1.28. The normalized spacial score (nSPS) is 10.6. The maximum absolute atomic E-state index is 13.7. The number of aryl methyl sites for hydroxylation is 1. The Morgan fingerprint density at radius 1 is 1.19 bits per heavy atom. The molecule has 2 aromatic carbocycles. The van der Waals surface area contributed by atoms with Gasteiger partial charge in [-0.15, -0.1) is 0 Å². The van der Waals surface area contributed by atoms with Gasteiger partial charge in [0.2, 0.25) is 17.6 Å². The van der Waals surface area contributed by atoms with Crippen LogP contribution in [0.2, 0.25) is 0 Å². The van der Waals surface area contributed by atoms with E-state index >= 15 is 0 Å². The van der Waals surface area contributed by atoms with Crippen LogP contribution in [0.3, 0.4) is 0 Å². The molecule has 140 valence electrons. The van der Waals surface area contributed by atoms with E-state index in [4.69, 9.17) is 9.26 Å². The van der Waals surface area contributed by atoms with Crippen LogP contribution >= 0.6 is 0 Å². The number of nitrogens with zero attached hydrogens (tertiary/aromatic N) is 3. The first-order valence-corrected chi connectivity index (χ1v) is 8.51. The predicted molar refractivity (Wildman–Crippen MR) is 97.5 cm³/mol. The minimum atomic E-state index is -0.321. The van der Waals surface area contributed by atoms with Crippen molar-refractivity contribution in [1.29, 1.82) is 0 Å². The summed E-state index contributed by atoms with van der Waals surface area (Å²) in [7, 11) is 3.24. The largest absolute Gasteiger partial charge is 0.497 e. The molecule has 27 heavy (non-hydrogen) atoms. The lowest BCUT2D eigenvalue weighted by atomic mass is 10.2. The number of carbonyl (C=O) groups is 1. The first-order valence-electron chi connectivity index (χ1n) is 8.51. The third-order valence-corrected chi connectivity index (χ3v) is 4.16. The molecule has 0 saturated carbocycles. The van der Waals surface area contributed by atoms with E-state index in [9.17, 15) is 9.18 Å². The van der Waals surface area contributed by atoms with E-state index in [2.05, 4.69) is 10.1 Å². The highest BCUT2D eigenvalue weighted by Gasteiger charge is 2.14. The molecule has 0 aliphatic carbocycles. The molecule has 7 heteroatoms. The third kappa shape index (κ3) is 4.69. The maximum atomic E-state index is 13.7. The van der Waals surface area contributed by atoms with Gasteiger partial charge in [0.1, 0.15) is 11.6 Å². The second-order valence-electron chi connectivity index (χ2n) is 6.08. The molecule has 0 unspecified atom stereocenters. The summed E-state index contributed by atoms with van der Waals surface area (Å²) in [5, 5.41) is 3.94. The molecule has 0 aliphatic rings. The quantitative estimate of drug-likeness (QED) is 0.638. The van der Waals surface area contributed by atoms with Gasteiger partial charge in [-0.1, -0.05) is 23.4 Å². The Hall–Kier alpha value is -3.22. The minimum absolute atomic E-state index is 0.123. The monoisotopic (exact) mass is 369 g/mol. The first kappa shape index (κ1) is 18.6. The lowest BCUT2D eigenvalue weighted by molar-refractivity contribution is -0.130. The summed E-state index contributed by atoms with van der Waals surface area (Å²) in [6, 6.07) is 13.7. The lowest BCUT2D eigenvalue weighted by Gasteiger charge is -2.17. The van der Waals surface area contributed by atoms with Gasteiger partial charge in [0.05, 0.1) is 7.11 Å². The second-order valence-corrected chi connectivity index (χ2v) is 6.08. The highest BCUT2D eigenvalue weighted by atomic mass is 19.1. The van der Waals surface area contributed by atoms with Crippen LogP contribution in [-0.4, -0.2) is 35.1 Å². The van der Waals surface area contributed by atoms with Crippen LogP contribution in [-0.2, 0) is 17.8 Å². The summed E-state index contributed by atoms with van der Waals surface area (Å²) < 4.78 is 24.0. The Balaban J connectivity index is 1.56. The van der Waals surface area contributed by atoms with Crippen molar-refractivity contribution in [2.45, 2.75) is 19.4 Å². The van der Waals surface area contributed by atoms with Gasteiger partial charge in [-0.2, -0.15) is 4.98 Å². The first-order chi connectivity index (χ1) is 13.1. The number of hydrogen-bond donors (Lipinski definition) is 0. The van der Waals surface area contributed by atoms with Crippen molar-refractivity contribution < 1.29 is 18.4 Å². The smallest absolute Gasteiger partial charge is 0.227 e. The van der Waals surface area contributed by atoms with E-state index in [1.54, 1.807) is 32.4 Å². The summed E-state index contributed by atoms with van der Waals surface area (Å²) in [5.74, 6) is 1.14. The van der Waals surface area contributed by atoms with E-state index < -0.39 is 0 Å². The SMILES string of the molecule is COc1ccc(-c2noc(CCC(=O)N(C)Cc3ccccc3F)n2)cc1. The Labute approximate surface area is 156 Å². The van der Waals surface area contributed by atoms with Crippen molar-refractivity contribution in [2.24, 2.45) is 0 Å². The van der Waals surface area contributed by atoms with Crippen molar-refractivity contribution in [3.05, 3.63) is 65.8 Å². The van der Waals surface area contributed by atoms with Gasteiger partial charge in [0.25, 0.3) is 0 Å². The van der Waals surface area contributed by atoms with Crippen LogP contribution in [0.4, 0.5) is 4.39 Å². The lowest BCUT2D eigenvalue weighted by Crippen LogP contribution is -2.26. The molecule has 0 N–H and O–H groups in total. The zero-order chi connectivity index (χ0) is 19.2. The Morgan fingerprint density at radius 3 is 2.63 bits per heavy atom. The van der Waals surface area contributed by atoms with Gasteiger partial charge in [-0.05, 0) is 30.3 Å². The van der Waals surface area contributed by atoms with Crippen LogP contribution in [0.25, 0.3) is 11.4 Å². The fourth-order valence-corrected chi connectivity index (χ4v) is 2.59. The van der Waals surface area contributed by atoms with E-state index in [0.717, 1.165) is 11.3 Å². The van der Waals surface area contributed by atoms with Crippen molar-refractivity contribution >= 4 is 5.91 Å². The Morgan fingerprint density at radius 2 is 1.93 bits per heavy atom. The van der Waals surface area contributed by atoms with Crippen LogP contribution < -0.4 is 4.74 Å². The van der Waals surface area contributed by atoms with E-state index in [0.29, 0.717) is 23.7 Å². The number of hydrogen-bond acceptors (Lipinski definition) is 5. The number of methoxy groups -OCH3 is 1. The molecule has 0 bridgehead atoms. The van der Waals surface area contributed by atoms with E-state index in [1.165, 1.54) is 11.0 Å². The van der Waals surface area contributed by atoms with Crippen molar-refractivity contribution in [1.82, 2.24) is 15.0 Å². The number of ether oxygens (including phenoxy) is 1. The molecule has 0 aliphatic heterocycles.